The van der Waals surface area contributed by atoms with Gasteiger partial charge in [0.15, 0.2) is 0 Å². The highest BCUT2D eigenvalue weighted by Crippen LogP contribution is 2.21. The molecule has 0 radical (unpaired) electrons. The number of carbonyl (C=O) groups excluding carboxylic acids is 1. The summed E-state index contributed by atoms with van der Waals surface area (Å²) in [6.07, 6.45) is 0. The maximum absolute atomic E-state index is 12.9. The number of benzene rings is 2. The van der Waals surface area contributed by atoms with Gasteiger partial charge in [0.2, 0.25) is 15.9 Å². The van der Waals surface area contributed by atoms with Gasteiger partial charge in [-0.2, -0.15) is 4.31 Å². The third kappa shape index (κ3) is 5.33. The molecule has 7 nitrogen and oxygen atoms in total. The molecule has 158 valence electrons. The van der Waals surface area contributed by atoms with Crippen LogP contribution in [0.15, 0.2) is 47.4 Å². The number of likely N-dealkylation sites (N-methyl/N-ethyl adjacent to an activating group) is 2. The van der Waals surface area contributed by atoms with Crippen molar-refractivity contribution in [1.29, 1.82) is 0 Å². The number of quaternary nitrogens is 2. The molecule has 0 aliphatic carbocycles. The lowest BCUT2D eigenvalue weighted by Crippen LogP contribution is -3.19. The van der Waals surface area contributed by atoms with Crippen molar-refractivity contribution in [3.63, 3.8) is 0 Å². The monoisotopic (exact) mass is 420 g/mol. The van der Waals surface area contributed by atoms with Gasteiger partial charge in [0.25, 0.3) is 0 Å². The fourth-order valence-electron chi connectivity index (χ4n) is 3.63. The predicted octanol–water partition coefficient (Wildman–Crippen LogP) is -1.67. The molecule has 1 heterocycles. The van der Waals surface area contributed by atoms with Crippen molar-refractivity contribution in [1.82, 2.24) is 9.21 Å². The molecule has 1 saturated heterocycles. The molecular weight excluding hydrogens is 388 g/mol. The Morgan fingerprint density at radius 1 is 1.10 bits per heavy atom. The molecule has 2 N–H and O–H groups in total. The van der Waals surface area contributed by atoms with Gasteiger partial charge in [0.1, 0.15) is 13.1 Å². The van der Waals surface area contributed by atoms with Crippen molar-refractivity contribution in [3.05, 3.63) is 42.5 Å². The number of amides is 1. The van der Waals surface area contributed by atoms with Crippen molar-refractivity contribution in [2.24, 2.45) is 0 Å². The average molecular weight is 421 g/mol. The second-order valence-corrected chi connectivity index (χ2v) is 10.2. The molecular formula is C21H32N4O3S+2. The van der Waals surface area contributed by atoms with E-state index in [9.17, 15) is 13.2 Å². The van der Waals surface area contributed by atoms with Crippen LogP contribution >= 0.6 is 0 Å². The molecule has 0 spiro atoms. The number of fused-ring (bicyclic) bond motifs is 1. The first kappa shape index (κ1) is 21.7. The third-order valence-electron chi connectivity index (χ3n) is 5.59. The van der Waals surface area contributed by atoms with Gasteiger partial charge in [-0.1, -0.05) is 30.3 Å². The van der Waals surface area contributed by atoms with E-state index in [1.807, 2.05) is 24.3 Å². The van der Waals surface area contributed by atoms with Gasteiger partial charge in [-0.25, -0.2) is 8.42 Å². The van der Waals surface area contributed by atoms with E-state index in [0.717, 1.165) is 41.3 Å². The topological polar surface area (TPSA) is 66.6 Å². The number of nitrogens with one attached hydrogen (secondary N) is 2. The SMILES string of the molecule is CN(CC(=O)N1CC[NH+](CC[NH+](C)C)CC1)S(=O)(=O)c1ccc2ccccc2c1. The predicted molar refractivity (Wildman–Crippen MR) is 114 cm³/mol. The van der Waals surface area contributed by atoms with Gasteiger partial charge < -0.3 is 14.7 Å². The van der Waals surface area contributed by atoms with Crippen molar-refractivity contribution in [3.8, 4) is 0 Å². The molecule has 0 aromatic heterocycles. The van der Waals surface area contributed by atoms with E-state index in [-0.39, 0.29) is 17.3 Å². The van der Waals surface area contributed by atoms with Crippen LogP contribution in [-0.4, -0.2) is 90.5 Å². The Balaban J connectivity index is 1.60. The fourth-order valence-corrected chi connectivity index (χ4v) is 4.79. The number of nitrogens with zero attached hydrogens (tertiary/aromatic N) is 2. The summed E-state index contributed by atoms with van der Waals surface area (Å²) in [5.74, 6) is -0.130. The minimum atomic E-state index is -3.72. The Hall–Kier alpha value is -2.00. The Morgan fingerprint density at radius 3 is 2.41 bits per heavy atom. The van der Waals surface area contributed by atoms with E-state index in [0.29, 0.717) is 13.1 Å². The normalized spacial score (nSPS) is 16.1. The minimum absolute atomic E-state index is 0.130. The van der Waals surface area contributed by atoms with E-state index in [1.165, 1.54) is 16.8 Å². The number of rotatable bonds is 7. The maximum Gasteiger partial charge on any atom is 0.243 e. The molecule has 2 aromatic rings. The molecule has 0 unspecified atom stereocenters. The molecule has 3 rings (SSSR count). The summed E-state index contributed by atoms with van der Waals surface area (Å²) in [4.78, 5) is 17.6. The van der Waals surface area contributed by atoms with Crippen LogP contribution in [0.4, 0.5) is 0 Å². The fraction of sp³-hybridized carbons (Fsp3) is 0.476. The van der Waals surface area contributed by atoms with E-state index in [4.69, 9.17) is 0 Å². The van der Waals surface area contributed by atoms with E-state index < -0.39 is 10.0 Å². The summed E-state index contributed by atoms with van der Waals surface area (Å²) in [6, 6.07) is 12.7. The molecule has 0 atom stereocenters. The Kier molecular flexibility index (Phi) is 6.89. The zero-order valence-corrected chi connectivity index (χ0v) is 18.3. The molecule has 1 fully saturated rings. The Morgan fingerprint density at radius 2 is 1.76 bits per heavy atom. The van der Waals surface area contributed by atoms with Crippen LogP contribution in [0.25, 0.3) is 10.8 Å². The number of carbonyl (C=O) groups is 1. The number of sulfonamides is 1. The summed E-state index contributed by atoms with van der Waals surface area (Å²) in [5.41, 5.74) is 0. The van der Waals surface area contributed by atoms with Crippen molar-refractivity contribution in [2.75, 3.05) is 67.0 Å². The Bertz CT molecular complexity index is 953. The molecule has 29 heavy (non-hydrogen) atoms. The third-order valence-corrected chi connectivity index (χ3v) is 7.39. The summed E-state index contributed by atoms with van der Waals surface area (Å²) < 4.78 is 27.0. The quantitative estimate of drug-likeness (QED) is 0.563. The molecule has 8 heteroatoms. The van der Waals surface area contributed by atoms with Crippen LogP contribution in [0.5, 0.6) is 0 Å². The van der Waals surface area contributed by atoms with Crippen LogP contribution in [0.1, 0.15) is 0 Å². The van der Waals surface area contributed by atoms with Gasteiger partial charge in [0, 0.05) is 7.05 Å². The van der Waals surface area contributed by atoms with Crippen LogP contribution in [0, 0.1) is 0 Å². The Labute approximate surface area is 173 Å². The lowest BCUT2D eigenvalue weighted by molar-refractivity contribution is -0.943. The number of piperazine rings is 1. The van der Waals surface area contributed by atoms with E-state index in [1.54, 1.807) is 23.1 Å². The highest BCUT2D eigenvalue weighted by Gasteiger charge is 2.28. The molecule has 1 amide bonds. The first-order chi connectivity index (χ1) is 13.8. The molecule has 0 saturated carbocycles. The lowest BCUT2D eigenvalue weighted by atomic mass is 10.1. The van der Waals surface area contributed by atoms with Crippen LogP contribution < -0.4 is 9.80 Å². The van der Waals surface area contributed by atoms with Crippen LogP contribution in [0.3, 0.4) is 0 Å². The van der Waals surface area contributed by atoms with Crippen molar-refractivity contribution < 1.29 is 23.0 Å². The van der Waals surface area contributed by atoms with Crippen LogP contribution in [0.2, 0.25) is 0 Å². The first-order valence-electron chi connectivity index (χ1n) is 10.1. The second kappa shape index (κ2) is 9.21. The number of hydrogen-bond acceptors (Lipinski definition) is 3. The summed E-state index contributed by atoms with van der Waals surface area (Å²) >= 11 is 0. The zero-order valence-electron chi connectivity index (χ0n) is 17.5. The molecule has 1 aliphatic heterocycles. The van der Waals surface area contributed by atoms with Gasteiger partial charge in [-0.15, -0.1) is 0 Å². The van der Waals surface area contributed by atoms with Crippen molar-refractivity contribution in [2.45, 2.75) is 4.90 Å². The average Bonchev–Trinajstić information content (AvgIpc) is 2.72. The summed E-state index contributed by atoms with van der Waals surface area (Å²) in [5, 5.41) is 1.85. The van der Waals surface area contributed by atoms with Crippen LogP contribution in [-0.2, 0) is 14.8 Å². The van der Waals surface area contributed by atoms with Gasteiger partial charge in [-0.05, 0) is 22.9 Å². The minimum Gasteiger partial charge on any atom is -0.335 e. The zero-order chi connectivity index (χ0) is 21.0. The molecule has 0 bridgehead atoms. The molecule has 2 aromatic carbocycles. The summed E-state index contributed by atoms with van der Waals surface area (Å²) in [7, 11) is 2.05. The van der Waals surface area contributed by atoms with Crippen molar-refractivity contribution >= 4 is 26.7 Å². The smallest absolute Gasteiger partial charge is 0.243 e. The van der Waals surface area contributed by atoms with Gasteiger partial charge >= 0.3 is 0 Å². The molecule has 1 aliphatic rings. The largest absolute Gasteiger partial charge is 0.335 e. The van der Waals surface area contributed by atoms with E-state index in [2.05, 4.69) is 14.1 Å². The number of hydrogen-bond donors (Lipinski definition) is 2. The standard InChI is InChI=1S/C21H30N4O3S/c1-22(2)10-11-24-12-14-25(15-13-24)21(26)17-23(3)29(27,28)20-9-8-18-6-4-5-7-19(18)16-20/h4-9,16H,10-15,17H2,1-3H3/p+2. The van der Waals surface area contributed by atoms with E-state index >= 15 is 0 Å². The highest BCUT2D eigenvalue weighted by molar-refractivity contribution is 7.89. The maximum atomic E-state index is 12.9. The summed E-state index contributed by atoms with van der Waals surface area (Å²) in [6.45, 7) is 5.27. The van der Waals surface area contributed by atoms with Gasteiger partial charge in [-0.3, -0.25) is 4.79 Å². The van der Waals surface area contributed by atoms with Gasteiger partial charge in [0.05, 0.1) is 51.7 Å². The highest BCUT2D eigenvalue weighted by atomic mass is 32.2. The lowest BCUT2D eigenvalue weighted by Gasteiger charge is -2.33. The first-order valence-corrected chi connectivity index (χ1v) is 11.6. The second-order valence-electron chi connectivity index (χ2n) is 8.11.